The van der Waals surface area contributed by atoms with E-state index in [0.717, 1.165) is 0 Å². The first-order valence-electron chi connectivity index (χ1n) is 6.81. The minimum Gasteiger partial charge on any atom is -0.496 e. The Balaban J connectivity index is 2.29. The summed E-state index contributed by atoms with van der Waals surface area (Å²) in [5.74, 6) is 0.599. The molecule has 2 rings (SSSR count). The van der Waals surface area contributed by atoms with E-state index in [2.05, 4.69) is 0 Å². The zero-order valence-corrected chi connectivity index (χ0v) is 14.2. The van der Waals surface area contributed by atoms with Gasteiger partial charge in [-0.3, -0.25) is 8.77 Å². The average molecular weight is 342 g/mol. The third-order valence-corrected chi connectivity index (χ3v) is 4.54. The van der Waals surface area contributed by atoms with Crippen molar-refractivity contribution < 1.29 is 9.13 Å². The molecule has 118 valence electrons. The molecule has 3 nitrogen and oxygen atoms in total. The summed E-state index contributed by atoms with van der Waals surface area (Å²) in [6, 6.07) is 6.66. The van der Waals surface area contributed by atoms with Crippen LogP contribution in [0.2, 0.25) is 5.02 Å². The second-order valence-electron chi connectivity index (χ2n) is 5.07. The summed E-state index contributed by atoms with van der Waals surface area (Å²) in [7, 11) is 1.53. The van der Waals surface area contributed by atoms with Crippen LogP contribution < -0.4 is 10.3 Å². The van der Waals surface area contributed by atoms with E-state index in [1.165, 1.54) is 29.1 Å². The molecule has 0 aliphatic rings. The normalized spacial score (nSPS) is 11.0. The van der Waals surface area contributed by atoms with Crippen molar-refractivity contribution >= 4 is 23.5 Å². The summed E-state index contributed by atoms with van der Waals surface area (Å²) < 4.78 is 21.3. The van der Waals surface area contributed by atoms with Crippen molar-refractivity contribution in [2.45, 2.75) is 25.5 Å². The van der Waals surface area contributed by atoms with Gasteiger partial charge in [-0.15, -0.1) is 0 Å². The lowest BCUT2D eigenvalue weighted by atomic mass is 9.99. The first-order chi connectivity index (χ1) is 10.5. The number of nitrogens with zero attached hydrogens (tertiary/aromatic N) is 1. The third kappa shape index (κ3) is 3.47. The molecule has 0 spiro atoms. The molecular weight excluding hydrogens is 325 g/mol. The molecule has 0 saturated heterocycles. The molecule has 1 aromatic carbocycles. The summed E-state index contributed by atoms with van der Waals surface area (Å²) >= 11 is 7.00. The summed E-state index contributed by atoms with van der Waals surface area (Å²) in [5, 5.41) is 0.146. The zero-order chi connectivity index (χ0) is 16.3. The highest BCUT2D eigenvalue weighted by Crippen LogP contribution is 2.32. The molecule has 0 atom stereocenters. The van der Waals surface area contributed by atoms with Gasteiger partial charge in [-0.2, -0.15) is 0 Å². The molecule has 0 aliphatic carbocycles. The topological polar surface area (TPSA) is 31.2 Å². The van der Waals surface area contributed by atoms with Crippen molar-refractivity contribution in [2.75, 3.05) is 7.11 Å². The Bertz CT molecular complexity index is 731. The lowest BCUT2D eigenvalue weighted by Gasteiger charge is -2.15. The van der Waals surface area contributed by atoms with Gasteiger partial charge in [-0.05, 0) is 36.1 Å². The van der Waals surface area contributed by atoms with E-state index < -0.39 is 0 Å². The van der Waals surface area contributed by atoms with Gasteiger partial charge in [0, 0.05) is 23.1 Å². The summed E-state index contributed by atoms with van der Waals surface area (Å²) in [6.07, 6.45) is 1.61. The number of pyridine rings is 1. The Labute approximate surface area is 138 Å². The van der Waals surface area contributed by atoms with Crippen molar-refractivity contribution in [2.24, 2.45) is 0 Å². The molecule has 0 N–H and O–H groups in total. The Kier molecular flexibility index (Phi) is 5.53. The van der Waals surface area contributed by atoms with Crippen LogP contribution >= 0.6 is 23.5 Å². The van der Waals surface area contributed by atoms with E-state index in [9.17, 15) is 9.18 Å². The minimum atomic E-state index is -0.299. The fourth-order valence-electron chi connectivity index (χ4n) is 2.14. The molecule has 6 heteroatoms. The lowest BCUT2D eigenvalue weighted by molar-refractivity contribution is 0.401. The second kappa shape index (κ2) is 7.20. The molecule has 0 amide bonds. The Morgan fingerprint density at radius 3 is 2.73 bits per heavy atom. The number of methoxy groups -OCH3 is 1. The number of aromatic nitrogens is 1. The molecule has 0 aliphatic heterocycles. The summed E-state index contributed by atoms with van der Waals surface area (Å²) in [4.78, 5) is 11.8. The van der Waals surface area contributed by atoms with Crippen LogP contribution in [-0.4, -0.2) is 11.1 Å². The molecular formula is C16H17ClFNO2S. The van der Waals surface area contributed by atoms with Crippen molar-refractivity contribution in [3.8, 4) is 5.75 Å². The highest BCUT2D eigenvalue weighted by molar-refractivity contribution is 7.97. The van der Waals surface area contributed by atoms with Gasteiger partial charge in [-0.1, -0.05) is 31.5 Å². The van der Waals surface area contributed by atoms with E-state index in [1.807, 2.05) is 13.8 Å². The van der Waals surface area contributed by atoms with Crippen LogP contribution in [0, 0.1) is 5.82 Å². The maximum atomic E-state index is 14.6. The third-order valence-electron chi connectivity index (χ3n) is 3.24. The Hall–Kier alpha value is -1.46. The van der Waals surface area contributed by atoms with Crippen LogP contribution in [0.3, 0.4) is 0 Å². The number of benzene rings is 1. The fraction of sp³-hybridized carbons (Fsp3) is 0.312. The predicted octanol–water partition coefficient (Wildman–Crippen LogP) is 4.47. The van der Waals surface area contributed by atoms with Gasteiger partial charge in [0.15, 0.2) is 0 Å². The first kappa shape index (κ1) is 16.9. The Morgan fingerprint density at radius 2 is 2.09 bits per heavy atom. The molecule has 1 aromatic heterocycles. The van der Waals surface area contributed by atoms with Gasteiger partial charge in [0.2, 0.25) is 0 Å². The molecule has 0 radical (unpaired) electrons. The van der Waals surface area contributed by atoms with Crippen LogP contribution in [-0.2, 0) is 5.75 Å². The van der Waals surface area contributed by atoms with Gasteiger partial charge in [0.25, 0.3) is 5.56 Å². The van der Waals surface area contributed by atoms with E-state index in [-0.39, 0.29) is 22.3 Å². The average Bonchev–Trinajstić information content (AvgIpc) is 2.49. The zero-order valence-electron chi connectivity index (χ0n) is 12.6. The van der Waals surface area contributed by atoms with Crippen LogP contribution in [0.1, 0.15) is 30.9 Å². The van der Waals surface area contributed by atoms with Crippen molar-refractivity contribution in [3.63, 3.8) is 0 Å². The summed E-state index contributed by atoms with van der Waals surface area (Å²) in [5.41, 5.74) is 0.785. The van der Waals surface area contributed by atoms with E-state index in [4.69, 9.17) is 16.3 Å². The van der Waals surface area contributed by atoms with Gasteiger partial charge in [0.05, 0.1) is 7.11 Å². The highest BCUT2D eigenvalue weighted by Gasteiger charge is 2.17. The molecule has 0 fully saturated rings. The maximum Gasteiger partial charge on any atom is 0.279 e. The van der Waals surface area contributed by atoms with Crippen molar-refractivity contribution in [3.05, 3.63) is 62.8 Å². The number of hydrogen-bond acceptors (Lipinski definition) is 3. The molecule has 0 bridgehead atoms. The minimum absolute atomic E-state index is 0.00814. The second-order valence-corrected chi connectivity index (χ2v) is 6.42. The van der Waals surface area contributed by atoms with Gasteiger partial charge < -0.3 is 4.74 Å². The van der Waals surface area contributed by atoms with Crippen LogP contribution in [0.5, 0.6) is 5.75 Å². The van der Waals surface area contributed by atoms with Gasteiger partial charge in [-0.25, -0.2) is 4.39 Å². The fourth-order valence-corrected chi connectivity index (χ4v) is 3.23. The SMILES string of the molecule is COc1ccc(CSn2cccc(Cl)c2=O)c(F)c1C(C)C. The van der Waals surface area contributed by atoms with Crippen molar-refractivity contribution in [1.29, 1.82) is 0 Å². The quantitative estimate of drug-likeness (QED) is 0.804. The lowest BCUT2D eigenvalue weighted by Crippen LogP contribution is -2.14. The standard InChI is InChI=1S/C16H17ClFNO2S/c1-10(2)14-13(21-3)7-6-11(15(14)18)9-22-19-8-4-5-12(17)16(19)20/h4-8,10H,9H2,1-3H3. The van der Waals surface area contributed by atoms with Crippen LogP contribution in [0.4, 0.5) is 4.39 Å². The molecule has 1 heterocycles. The largest absolute Gasteiger partial charge is 0.496 e. The van der Waals surface area contributed by atoms with E-state index in [0.29, 0.717) is 22.6 Å². The molecule has 0 saturated carbocycles. The van der Waals surface area contributed by atoms with E-state index >= 15 is 0 Å². The van der Waals surface area contributed by atoms with Gasteiger partial charge in [0.1, 0.15) is 16.6 Å². The number of halogens is 2. The molecule has 2 aromatic rings. The monoisotopic (exact) mass is 341 g/mol. The highest BCUT2D eigenvalue weighted by atomic mass is 35.5. The number of hydrogen-bond donors (Lipinski definition) is 0. The molecule has 0 unspecified atom stereocenters. The maximum absolute atomic E-state index is 14.6. The van der Waals surface area contributed by atoms with Gasteiger partial charge >= 0.3 is 0 Å². The number of ether oxygens (including phenoxy) is 1. The van der Waals surface area contributed by atoms with E-state index in [1.54, 1.807) is 24.4 Å². The Morgan fingerprint density at radius 1 is 1.36 bits per heavy atom. The van der Waals surface area contributed by atoms with Crippen molar-refractivity contribution in [1.82, 2.24) is 3.97 Å². The summed E-state index contributed by atoms with van der Waals surface area (Å²) in [6.45, 7) is 3.83. The van der Waals surface area contributed by atoms with Crippen LogP contribution in [0.25, 0.3) is 0 Å². The smallest absolute Gasteiger partial charge is 0.279 e. The first-order valence-corrected chi connectivity index (χ1v) is 8.13. The molecule has 22 heavy (non-hydrogen) atoms. The predicted molar refractivity (Wildman–Crippen MR) is 89.4 cm³/mol. The number of rotatable bonds is 5. The van der Waals surface area contributed by atoms with Crippen LogP contribution in [0.15, 0.2) is 35.3 Å².